The zero-order valence-electron chi connectivity index (χ0n) is 10.5. The van der Waals surface area contributed by atoms with Gasteiger partial charge in [0.1, 0.15) is 11.6 Å². The molecule has 0 bridgehead atoms. The highest BCUT2D eigenvalue weighted by Crippen LogP contribution is 2.26. The first-order chi connectivity index (χ1) is 8.19. The molecule has 1 N–H and O–H groups in total. The average Bonchev–Trinajstić information content (AvgIpc) is 2.89. The minimum atomic E-state index is -0.489. The minimum absolute atomic E-state index is 0.0111. The van der Waals surface area contributed by atoms with Gasteiger partial charge in [0.25, 0.3) is 0 Å². The van der Waals surface area contributed by atoms with Crippen LogP contribution in [0.4, 0.5) is 0 Å². The van der Waals surface area contributed by atoms with Gasteiger partial charge in [0.05, 0.1) is 13.2 Å². The van der Waals surface area contributed by atoms with E-state index in [2.05, 4.69) is 15.5 Å². The first-order valence-electron chi connectivity index (χ1n) is 5.90. The zero-order chi connectivity index (χ0) is 12.3. The number of nitrogens with zero attached hydrogens (tertiary/aromatic N) is 2. The first kappa shape index (κ1) is 12.5. The third-order valence-corrected chi connectivity index (χ3v) is 3.26. The van der Waals surface area contributed by atoms with Gasteiger partial charge in [0, 0.05) is 13.7 Å². The maximum absolute atomic E-state index is 5.44. The van der Waals surface area contributed by atoms with Crippen LogP contribution in [0, 0.1) is 0 Å². The topological polar surface area (TPSA) is 69.4 Å². The number of nitrogens with one attached hydrogen (secondary N) is 1. The predicted octanol–water partition coefficient (Wildman–Crippen LogP) is 1.00. The van der Waals surface area contributed by atoms with Gasteiger partial charge in [-0.15, -0.1) is 0 Å². The summed E-state index contributed by atoms with van der Waals surface area (Å²) in [6.07, 6.45) is 0.789. The number of aromatic nitrogens is 2. The van der Waals surface area contributed by atoms with Crippen LogP contribution in [0.15, 0.2) is 4.52 Å². The van der Waals surface area contributed by atoms with Gasteiger partial charge in [0.2, 0.25) is 11.7 Å². The van der Waals surface area contributed by atoms with Crippen molar-refractivity contribution in [2.24, 2.45) is 0 Å². The van der Waals surface area contributed by atoms with Gasteiger partial charge in [-0.3, -0.25) is 0 Å². The summed E-state index contributed by atoms with van der Waals surface area (Å²) in [4.78, 5) is 4.40. The van der Waals surface area contributed by atoms with Crippen LogP contribution >= 0.6 is 0 Å². The van der Waals surface area contributed by atoms with E-state index in [4.69, 9.17) is 14.0 Å². The molecule has 96 valence electrons. The molecule has 2 rings (SSSR count). The smallest absolute Gasteiger partial charge is 0.246 e. The van der Waals surface area contributed by atoms with Gasteiger partial charge in [-0.05, 0) is 13.3 Å². The summed E-state index contributed by atoms with van der Waals surface area (Å²) in [5.41, 5.74) is -0.489. The molecule has 0 amide bonds. The number of methoxy groups -OCH3 is 1. The summed E-state index contributed by atoms with van der Waals surface area (Å²) in [6, 6.07) is -0.0111. The van der Waals surface area contributed by atoms with E-state index in [0.29, 0.717) is 18.3 Å². The molecule has 0 radical (unpaired) electrons. The van der Waals surface area contributed by atoms with Crippen LogP contribution in [0.3, 0.4) is 0 Å². The second-order valence-corrected chi connectivity index (χ2v) is 4.33. The lowest BCUT2D eigenvalue weighted by Gasteiger charge is -2.22. The predicted molar refractivity (Wildman–Crippen MR) is 60.5 cm³/mol. The fourth-order valence-corrected chi connectivity index (χ4v) is 1.71. The highest BCUT2D eigenvalue weighted by Gasteiger charge is 2.31. The minimum Gasteiger partial charge on any atom is -0.378 e. The maximum Gasteiger partial charge on any atom is 0.246 e. The summed E-state index contributed by atoms with van der Waals surface area (Å²) >= 11 is 0. The fourth-order valence-electron chi connectivity index (χ4n) is 1.71. The molecular formula is C11H19N3O3. The van der Waals surface area contributed by atoms with Gasteiger partial charge in [0.15, 0.2) is 0 Å². The van der Waals surface area contributed by atoms with E-state index >= 15 is 0 Å². The van der Waals surface area contributed by atoms with Gasteiger partial charge >= 0.3 is 0 Å². The van der Waals surface area contributed by atoms with E-state index in [1.54, 1.807) is 7.11 Å². The maximum atomic E-state index is 5.44. The molecule has 0 saturated carbocycles. The summed E-state index contributed by atoms with van der Waals surface area (Å²) < 4.78 is 16.1. The quantitative estimate of drug-likeness (QED) is 0.848. The zero-order valence-corrected chi connectivity index (χ0v) is 10.5. The molecule has 1 aliphatic heterocycles. The van der Waals surface area contributed by atoms with Crippen LogP contribution in [0.1, 0.15) is 38.0 Å². The Kier molecular flexibility index (Phi) is 3.76. The Morgan fingerprint density at radius 2 is 2.41 bits per heavy atom. The highest BCUT2D eigenvalue weighted by molar-refractivity contribution is 5.02. The Morgan fingerprint density at radius 1 is 1.59 bits per heavy atom. The van der Waals surface area contributed by atoms with Crippen molar-refractivity contribution in [1.82, 2.24) is 15.5 Å². The van der Waals surface area contributed by atoms with Crippen LogP contribution in [0.5, 0.6) is 0 Å². The Labute approximate surface area is 101 Å². The monoisotopic (exact) mass is 241 g/mol. The van der Waals surface area contributed by atoms with Gasteiger partial charge in [-0.1, -0.05) is 12.1 Å². The van der Waals surface area contributed by atoms with Crippen LogP contribution < -0.4 is 5.32 Å². The molecule has 0 spiro atoms. The molecule has 0 aromatic carbocycles. The van der Waals surface area contributed by atoms with Crippen molar-refractivity contribution in [3.63, 3.8) is 0 Å². The van der Waals surface area contributed by atoms with E-state index in [1.807, 2.05) is 13.8 Å². The fraction of sp³-hybridized carbons (Fsp3) is 0.818. The summed E-state index contributed by atoms with van der Waals surface area (Å²) in [6.45, 7) is 6.07. The molecular weight excluding hydrogens is 222 g/mol. The van der Waals surface area contributed by atoms with Crippen molar-refractivity contribution >= 4 is 0 Å². The number of ether oxygens (including phenoxy) is 2. The summed E-state index contributed by atoms with van der Waals surface area (Å²) in [7, 11) is 1.65. The van der Waals surface area contributed by atoms with Crippen LogP contribution in [-0.2, 0) is 15.1 Å². The standard InChI is InChI=1S/C11H19N3O3/c1-4-11(2,15-3)10-13-9(17-14-10)8-7-16-6-5-12-8/h8,12H,4-7H2,1-3H3. The molecule has 2 atom stereocenters. The van der Waals surface area contributed by atoms with Crippen LogP contribution in [0.25, 0.3) is 0 Å². The second kappa shape index (κ2) is 5.12. The van der Waals surface area contributed by atoms with Gasteiger partial charge < -0.3 is 19.3 Å². The third-order valence-electron chi connectivity index (χ3n) is 3.26. The van der Waals surface area contributed by atoms with Crippen LogP contribution in [-0.4, -0.2) is 37.0 Å². The van der Waals surface area contributed by atoms with Gasteiger partial charge in [-0.2, -0.15) is 4.98 Å². The average molecular weight is 241 g/mol. The Balaban J connectivity index is 2.14. The lowest BCUT2D eigenvalue weighted by molar-refractivity contribution is -0.0106. The molecule has 1 aromatic rings. The normalized spacial score (nSPS) is 24.5. The van der Waals surface area contributed by atoms with Crippen molar-refractivity contribution in [3.8, 4) is 0 Å². The Hall–Kier alpha value is -0.980. The van der Waals surface area contributed by atoms with Crippen LogP contribution in [0.2, 0.25) is 0 Å². The number of morpholine rings is 1. The van der Waals surface area contributed by atoms with Crippen molar-refractivity contribution < 1.29 is 14.0 Å². The lowest BCUT2D eigenvalue weighted by Crippen LogP contribution is -2.35. The van der Waals surface area contributed by atoms with E-state index in [9.17, 15) is 0 Å². The van der Waals surface area contributed by atoms with Gasteiger partial charge in [-0.25, -0.2) is 0 Å². The second-order valence-electron chi connectivity index (χ2n) is 4.33. The molecule has 2 unspecified atom stereocenters. The Morgan fingerprint density at radius 3 is 3.00 bits per heavy atom. The SMILES string of the molecule is CCC(C)(OC)c1noc(C2COCCN2)n1. The molecule has 0 aliphatic carbocycles. The molecule has 6 heteroatoms. The lowest BCUT2D eigenvalue weighted by atomic mass is 10.0. The third kappa shape index (κ3) is 2.48. The molecule has 1 aromatic heterocycles. The van der Waals surface area contributed by atoms with Crippen molar-refractivity contribution in [3.05, 3.63) is 11.7 Å². The number of hydrogen-bond donors (Lipinski definition) is 1. The van der Waals surface area contributed by atoms with E-state index in [-0.39, 0.29) is 6.04 Å². The number of hydrogen-bond acceptors (Lipinski definition) is 6. The van der Waals surface area contributed by atoms with E-state index in [1.165, 1.54) is 0 Å². The summed E-state index contributed by atoms with van der Waals surface area (Å²) in [5.74, 6) is 1.15. The summed E-state index contributed by atoms with van der Waals surface area (Å²) in [5, 5.41) is 7.27. The highest BCUT2D eigenvalue weighted by atomic mass is 16.5. The molecule has 6 nitrogen and oxygen atoms in total. The van der Waals surface area contributed by atoms with E-state index < -0.39 is 5.60 Å². The molecule has 1 fully saturated rings. The van der Waals surface area contributed by atoms with Crippen molar-refractivity contribution in [1.29, 1.82) is 0 Å². The first-order valence-corrected chi connectivity index (χ1v) is 5.90. The number of rotatable bonds is 4. The van der Waals surface area contributed by atoms with Crippen molar-refractivity contribution in [2.75, 3.05) is 26.9 Å². The molecule has 17 heavy (non-hydrogen) atoms. The van der Waals surface area contributed by atoms with E-state index in [0.717, 1.165) is 19.6 Å². The molecule has 2 heterocycles. The Bertz CT molecular complexity index is 357. The molecule has 1 aliphatic rings. The molecule has 1 saturated heterocycles. The largest absolute Gasteiger partial charge is 0.378 e. The van der Waals surface area contributed by atoms with Crippen molar-refractivity contribution in [2.45, 2.75) is 31.9 Å².